The summed E-state index contributed by atoms with van der Waals surface area (Å²) in [4.78, 5) is 27.3. The van der Waals surface area contributed by atoms with Gasteiger partial charge in [-0.2, -0.15) is 5.10 Å². The fraction of sp³-hybridized carbons (Fsp3) is 0.346. The lowest BCUT2D eigenvalue weighted by molar-refractivity contribution is 0.0518. The summed E-state index contributed by atoms with van der Waals surface area (Å²) in [5.74, 6) is 0.318. The van der Waals surface area contributed by atoms with Crippen molar-refractivity contribution in [1.82, 2.24) is 14.7 Å². The average molecular weight is 448 g/mol. The first kappa shape index (κ1) is 22.6. The summed E-state index contributed by atoms with van der Waals surface area (Å²) in [6, 6.07) is 16.9. The fourth-order valence-corrected chi connectivity index (χ4v) is 4.16. The number of ether oxygens (including phenoxy) is 2. The Morgan fingerprint density at radius 2 is 1.79 bits per heavy atom. The number of piperidine rings is 1. The predicted octanol–water partition coefficient (Wildman–Crippen LogP) is 4.74. The van der Waals surface area contributed by atoms with Crippen molar-refractivity contribution in [3.63, 3.8) is 0 Å². The molecule has 7 heteroatoms. The molecule has 1 aliphatic heterocycles. The molecule has 2 heterocycles. The number of likely N-dealkylation sites (tertiary alicyclic amines) is 1. The first-order chi connectivity index (χ1) is 16.0. The minimum absolute atomic E-state index is 0.0526. The molecule has 0 saturated carbocycles. The maximum absolute atomic E-state index is 13.0. The molecule has 0 bridgehead atoms. The molecule has 1 unspecified atom stereocenters. The van der Waals surface area contributed by atoms with E-state index in [4.69, 9.17) is 9.47 Å². The van der Waals surface area contributed by atoms with Crippen LogP contribution in [0, 0.1) is 0 Å². The van der Waals surface area contributed by atoms with Gasteiger partial charge in [-0.1, -0.05) is 0 Å². The zero-order valence-corrected chi connectivity index (χ0v) is 19.3. The number of hydrogen-bond acceptors (Lipinski definition) is 5. The van der Waals surface area contributed by atoms with Crippen LogP contribution in [0.3, 0.4) is 0 Å². The number of amides is 1. The molecule has 0 aliphatic carbocycles. The first-order valence-electron chi connectivity index (χ1n) is 11.3. The lowest BCUT2D eigenvalue weighted by atomic mass is 10.0. The second kappa shape index (κ2) is 9.90. The molecular weight excluding hydrogens is 418 g/mol. The van der Waals surface area contributed by atoms with Gasteiger partial charge in [0.1, 0.15) is 5.75 Å². The zero-order chi connectivity index (χ0) is 23.4. The van der Waals surface area contributed by atoms with Crippen molar-refractivity contribution >= 4 is 11.9 Å². The third-order valence-electron chi connectivity index (χ3n) is 6.00. The largest absolute Gasteiger partial charge is 0.497 e. The van der Waals surface area contributed by atoms with Crippen LogP contribution in [0.4, 0.5) is 0 Å². The highest BCUT2D eigenvalue weighted by atomic mass is 16.5. The van der Waals surface area contributed by atoms with Gasteiger partial charge in [0.2, 0.25) is 0 Å². The van der Waals surface area contributed by atoms with Gasteiger partial charge in [0.05, 0.1) is 25.1 Å². The summed E-state index contributed by atoms with van der Waals surface area (Å²) in [5.41, 5.74) is 3.24. The summed E-state index contributed by atoms with van der Waals surface area (Å²) in [7, 11) is 1.62. The minimum Gasteiger partial charge on any atom is -0.497 e. The normalized spacial score (nSPS) is 15.8. The average Bonchev–Trinajstić information content (AvgIpc) is 3.30. The first-order valence-corrected chi connectivity index (χ1v) is 11.3. The van der Waals surface area contributed by atoms with Crippen molar-refractivity contribution in [2.75, 3.05) is 20.3 Å². The van der Waals surface area contributed by atoms with E-state index in [2.05, 4.69) is 12.0 Å². The van der Waals surface area contributed by atoms with E-state index >= 15 is 0 Å². The second-order valence-corrected chi connectivity index (χ2v) is 8.17. The molecule has 0 N–H and O–H groups in total. The summed E-state index contributed by atoms with van der Waals surface area (Å²) < 4.78 is 12.1. The molecule has 1 aliphatic rings. The Morgan fingerprint density at radius 3 is 2.42 bits per heavy atom. The Hall–Kier alpha value is -3.61. The Labute approximate surface area is 193 Å². The summed E-state index contributed by atoms with van der Waals surface area (Å²) in [5, 5.41) is 4.51. The molecule has 0 radical (unpaired) electrons. The molecule has 172 valence electrons. The van der Waals surface area contributed by atoms with E-state index in [9.17, 15) is 9.59 Å². The Balaban J connectivity index is 1.68. The lowest BCUT2D eigenvalue weighted by Gasteiger charge is -2.33. The lowest BCUT2D eigenvalue weighted by Crippen LogP contribution is -2.42. The topological polar surface area (TPSA) is 73.7 Å². The van der Waals surface area contributed by atoms with Crippen molar-refractivity contribution in [2.45, 2.75) is 39.2 Å². The van der Waals surface area contributed by atoms with Crippen molar-refractivity contribution in [1.29, 1.82) is 0 Å². The molecule has 1 amide bonds. The Bertz CT molecular complexity index is 1120. The zero-order valence-electron chi connectivity index (χ0n) is 19.3. The smallest absolute Gasteiger partial charge is 0.358 e. The maximum atomic E-state index is 13.0. The number of aromatic nitrogens is 2. The van der Waals surface area contributed by atoms with E-state index in [0.29, 0.717) is 5.56 Å². The summed E-state index contributed by atoms with van der Waals surface area (Å²) >= 11 is 0. The van der Waals surface area contributed by atoms with E-state index in [1.54, 1.807) is 24.8 Å². The monoisotopic (exact) mass is 447 g/mol. The number of carbonyl (C=O) groups excluding carboxylic acids is 2. The van der Waals surface area contributed by atoms with Gasteiger partial charge in [-0.3, -0.25) is 4.79 Å². The van der Waals surface area contributed by atoms with Gasteiger partial charge >= 0.3 is 5.97 Å². The van der Waals surface area contributed by atoms with Crippen LogP contribution in [0.15, 0.2) is 54.6 Å². The molecule has 0 spiro atoms. The fourth-order valence-electron chi connectivity index (χ4n) is 4.16. The van der Waals surface area contributed by atoms with Gasteiger partial charge in [-0.05, 0) is 87.7 Å². The van der Waals surface area contributed by atoms with Gasteiger partial charge in [0.15, 0.2) is 5.69 Å². The highest BCUT2D eigenvalue weighted by molar-refractivity contribution is 5.94. The molecule has 33 heavy (non-hydrogen) atoms. The number of carbonyl (C=O) groups is 2. The van der Waals surface area contributed by atoms with Crippen LogP contribution >= 0.6 is 0 Å². The number of methoxy groups -OCH3 is 1. The van der Waals surface area contributed by atoms with Crippen molar-refractivity contribution in [3.05, 3.63) is 65.9 Å². The molecule has 1 aromatic heterocycles. The van der Waals surface area contributed by atoms with Crippen molar-refractivity contribution in [2.24, 2.45) is 0 Å². The van der Waals surface area contributed by atoms with E-state index in [1.807, 2.05) is 53.4 Å². The maximum Gasteiger partial charge on any atom is 0.358 e. The number of rotatable bonds is 6. The SMILES string of the molecule is CCOC(=O)c1cc(-c2ccc(OC)cc2)n(-c2ccc(C(=O)N3CCCCC3C)cc2)n1. The summed E-state index contributed by atoms with van der Waals surface area (Å²) in [6.45, 7) is 4.94. The van der Waals surface area contributed by atoms with Gasteiger partial charge < -0.3 is 14.4 Å². The van der Waals surface area contributed by atoms with Crippen LogP contribution in [-0.2, 0) is 4.74 Å². The number of hydrogen-bond donors (Lipinski definition) is 0. The third kappa shape index (κ3) is 4.77. The van der Waals surface area contributed by atoms with E-state index in [0.717, 1.165) is 42.1 Å². The van der Waals surface area contributed by atoms with E-state index in [-0.39, 0.29) is 24.2 Å². The van der Waals surface area contributed by atoms with Crippen LogP contribution in [0.2, 0.25) is 0 Å². The number of esters is 1. The molecule has 1 atom stereocenters. The Kier molecular flexibility index (Phi) is 6.77. The number of nitrogens with zero attached hydrogens (tertiary/aromatic N) is 3. The molecule has 1 saturated heterocycles. The molecule has 4 rings (SSSR count). The number of benzene rings is 2. The standard InChI is InChI=1S/C26H29N3O4/c1-4-33-26(31)23-17-24(19-10-14-22(32-3)15-11-19)29(27-23)21-12-8-20(9-13-21)25(30)28-16-6-5-7-18(28)2/h8-15,17-18H,4-7,16H2,1-3H3. The van der Waals surface area contributed by atoms with Crippen LogP contribution in [0.5, 0.6) is 5.75 Å². The molecular formula is C26H29N3O4. The quantitative estimate of drug-likeness (QED) is 0.511. The van der Waals surface area contributed by atoms with Gasteiger partial charge in [-0.25, -0.2) is 9.48 Å². The van der Waals surface area contributed by atoms with Crippen LogP contribution in [0.25, 0.3) is 16.9 Å². The van der Waals surface area contributed by atoms with Gasteiger partial charge in [0.25, 0.3) is 5.91 Å². The summed E-state index contributed by atoms with van der Waals surface area (Å²) in [6.07, 6.45) is 3.25. The van der Waals surface area contributed by atoms with Crippen molar-refractivity contribution in [3.8, 4) is 22.7 Å². The second-order valence-electron chi connectivity index (χ2n) is 8.17. The third-order valence-corrected chi connectivity index (χ3v) is 6.00. The Morgan fingerprint density at radius 1 is 1.06 bits per heavy atom. The predicted molar refractivity (Wildman–Crippen MR) is 126 cm³/mol. The van der Waals surface area contributed by atoms with Crippen LogP contribution in [0.1, 0.15) is 54.0 Å². The highest BCUT2D eigenvalue weighted by Gasteiger charge is 2.24. The molecule has 7 nitrogen and oxygen atoms in total. The van der Waals surface area contributed by atoms with E-state index < -0.39 is 5.97 Å². The van der Waals surface area contributed by atoms with Gasteiger partial charge in [-0.15, -0.1) is 0 Å². The minimum atomic E-state index is -0.475. The van der Waals surface area contributed by atoms with E-state index in [1.165, 1.54) is 6.42 Å². The highest BCUT2D eigenvalue weighted by Crippen LogP contribution is 2.27. The van der Waals surface area contributed by atoms with Crippen molar-refractivity contribution < 1.29 is 19.1 Å². The van der Waals surface area contributed by atoms with Gasteiger partial charge in [0, 0.05) is 23.7 Å². The van der Waals surface area contributed by atoms with Crippen LogP contribution in [-0.4, -0.2) is 52.9 Å². The molecule has 1 fully saturated rings. The molecule has 2 aromatic carbocycles. The molecule has 3 aromatic rings. The van der Waals surface area contributed by atoms with Crippen LogP contribution < -0.4 is 4.74 Å².